The number of amides is 2. The normalized spacial score (nSPS) is 10.5. The fraction of sp³-hybridized carbons (Fsp3) is 0.125. The molecule has 0 aliphatic carbocycles. The van der Waals surface area contributed by atoms with E-state index >= 15 is 0 Å². The van der Waals surface area contributed by atoms with E-state index in [-0.39, 0.29) is 24.9 Å². The second-order valence-electron chi connectivity index (χ2n) is 7.26. The first-order chi connectivity index (χ1) is 17.0. The summed E-state index contributed by atoms with van der Waals surface area (Å²) >= 11 is 0. The van der Waals surface area contributed by atoms with E-state index < -0.39 is 11.7 Å². The van der Waals surface area contributed by atoms with Gasteiger partial charge in [-0.2, -0.15) is 4.80 Å². The van der Waals surface area contributed by atoms with Crippen molar-refractivity contribution in [1.82, 2.24) is 20.2 Å². The van der Waals surface area contributed by atoms with E-state index in [2.05, 4.69) is 26.0 Å². The molecule has 0 spiro atoms. The maximum atomic E-state index is 13.0. The van der Waals surface area contributed by atoms with E-state index in [1.807, 2.05) is 0 Å². The highest BCUT2D eigenvalue weighted by Crippen LogP contribution is 2.24. The number of rotatable bonds is 9. The number of carbonyl (C=O) groups excluding carboxylic acids is 2. The Kier molecular flexibility index (Phi) is 7.26. The average Bonchev–Trinajstić information content (AvgIpc) is 3.32. The van der Waals surface area contributed by atoms with Gasteiger partial charge in [-0.25, -0.2) is 4.39 Å². The minimum Gasteiger partial charge on any atom is -0.497 e. The Hall–Kier alpha value is -4.80. The molecular formula is C24H21FN6O4. The number of hydrogen-bond acceptors (Lipinski definition) is 7. The topological polar surface area (TPSA) is 120 Å². The molecule has 35 heavy (non-hydrogen) atoms. The summed E-state index contributed by atoms with van der Waals surface area (Å²) in [6, 6.07) is 19.2. The third-order valence-electron chi connectivity index (χ3n) is 4.74. The van der Waals surface area contributed by atoms with Crippen molar-refractivity contribution >= 4 is 23.2 Å². The van der Waals surface area contributed by atoms with Crippen molar-refractivity contribution in [2.45, 2.75) is 6.54 Å². The summed E-state index contributed by atoms with van der Waals surface area (Å²) in [5, 5.41) is 17.7. The van der Waals surface area contributed by atoms with Crippen LogP contribution in [0.5, 0.6) is 11.5 Å². The predicted octanol–water partition coefficient (Wildman–Crippen LogP) is 3.14. The zero-order chi connectivity index (χ0) is 24.6. The summed E-state index contributed by atoms with van der Waals surface area (Å²) in [5.41, 5.74) is 1.57. The molecular weight excluding hydrogens is 455 g/mol. The number of ether oxygens (including phenoxy) is 2. The van der Waals surface area contributed by atoms with Crippen molar-refractivity contribution in [3.63, 3.8) is 0 Å². The van der Waals surface area contributed by atoms with Gasteiger partial charge in [0.1, 0.15) is 23.9 Å². The molecule has 0 saturated carbocycles. The second-order valence-corrected chi connectivity index (χ2v) is 7.26. The first-order valence-corrected chi connectivity index (χ1v) is 10.5. The SMILES string of the molecule is COc1ccc(NC(=O)Cn2nnc(-c3ccccc3NC(=O)COc3ccc(F)cc3)n2)cc1. The number of methoxy groups -OCH3 is 1. The van der Waals surface area contributed by atoms with Gasteiger partial charge in [0.15, 0.2) is 6.61 Å². The van der Waals surface area contributed by atoms with Crippen LogP contribution in [0, 0.1) is 5.82 Å². The molecule has 11 heteroatoms. The average molecular weight is 476 g/mol. The molecule has 1 aromatic heterocycles. The maximum absolute atomic E-state index is 13.0. The summed E-state index contributed by atoms with van der Waals surface area (Å²) in [7, 11) is 1.56. The zero-order valence-corrected chi connectivity index (χ0v) is 18.6. The summed E-state index contributed by atoms with van der Waals surface area (Å²) in [5.74, 6) is 0.129. The van der Waals surface area contributed by atoms with Crippen LogP contribution in [-0.4, -0.2) is 45.7 Å². The molecule has 4 aromatic rings. The highest BCUT2D eigenvalue weighted by Gasteiger charge is 2.15. The van der Waals surface area contributed by atoms with Crippen LogP contribution in [0.25, 0.3) is 11.4 Å². The number of nitrogens with one attached hydrogen (secondary N) is 2. The molecule has 2 amide bonds. The monoisotopic (exact) mass is 476 g/mol. The Morgan fingerprint density at radius 3 is 2.37 bits per heavy atom. The molecule has 3 aromatic carbocycles. The highest BCUT2D eigenvalue weighted by atomic mass is 19.1. The van der Waals surface area contributed by atoms with E-state index in [4.69, 9.17) is 9.47 Å². The van der Waals surface area contributed by atoms with E-state index in [9.17, 15) is 14.0 Å². The smallest absolute Gasteiger partial charge is 0.262 e. The summed E-state index contributed by atoms with van der Waals surface area (Å²) in [4.78, 5) is 25.9. The molecule has 2 N–H and O–H groups in total. The molecule has 0 radical (unpaired) electrons. The van der Waals surface area contributed by atoms with Gasteiger partial charge in [0, 0.05) is 11.3 Å². The van der Waals surface area contributed by atoms with Crippen molar-refractivity contribution in [3.8, 4) is 22.9 Å². The van der Waals surface area contributed by atoms with E-state index in [0.29, 0.717) is 28.4 Å². The predicted molar refractivity (Wildman–Crippen MR) is 125 cm³/mol. The standard InChI is InChI=1S/C24H21FN6O4/c1-34-18-12-8-17(9-13-18)26-22(32)14-31-29-24(28-30-31)20-4-2-3-5-21(20)27-23(33)15-35-19-10-6-16(25)7-11-19/h2-13H,14-15H2,1H3,(H,26,32)(H,27,33). The van der Waals surface area contributed by atoms with Crippen molar-refractivity contribution < 1.29 is 23.5 Å². The van der Waals surface area contributed by atoms with Gasteiger partial charge in [-0.1, -0.05) is 12.1 Å². The van der Waals surface area contributed by atoms with Crippen LogP contribution >= 0.6 is 0 Å². The Morgan fingerprint density at radius 2 is 1.63 bits per heavy atom. The molecule has 0 unspecified atom stereocenters. The zero-order valence-electron chi connectivity index (χ0n) is 18.6. The van der Waals surface area contributed by atoms with Gasteiger partial charge in [-0.3, -0.25) is 9.59 Å². The number of aromatic nitrogens is 4. The lowest BCUT2D eigenvalue weighted by molar-refractivity contribution is -0.118. The van der Waals surface area contributed by atoms with E-state index in [1.165, 1.54) is 24.3 Å². The van der Waals surface area contributed by atoms with Gasteiger partial charge < -0.3 is 20.1 Å². The number of tetrazole rings is 1. The van der Waals surface area contributed by atoms with E-state index in [0.717, 1.165) is 4.80 Å². The molecule has 0 atom stereocenters. The molecule has 0 fully saturated rings. The fourth-order valence-corrected chi connectivity index (χ4v) is 3.07. The van der Waals surface area contributed by atoms with Crippen molar-refractivity contribution in [2.24, 2.45) is 0 Å². The fourth-order valence-electron chi connectivity index (χ4n) is 3.07. The summed E-state index contributed by atoms with van der Waals surface area (Å²) < 4.78 is 23.5. The molecule has 0 saturated heterocycles. The first kappa shape index (κ1) is 23.4. The van der Waals surface area contributed by atoms with Gasteiger partial charge in [0.05, 0.1) is 12.8 Å². The highest BCUT2D eigenvalue weighted by molar-refractivity contribution is 5.95. The first-order valence-electron chi connectivity index (χ1n) is 10.5. The van der Waals surface area contributed by atoms with Gasteiger partial charge in [0.2, 0.25) is 11.7 Å². The number of carbonyl (C=O) groups is 2. The van der Waals surface area contributed by atoms with Crippen LogP contribution in [0.1, 0.15) is 0 Å². The number of hydrogen-bond donors (Lipinski definition) is 2. The summed E-state index contributed by atoms with van der Waals surface area (Å²) in [6.07, 6.45) is 0. The Bertz CT molecular complexity index is 1310. The van der Waals surface area contributed by atoms with E-state index in [1.54, 1.807) is 55.6 Å². The Balaban J connectivity index is 1.37. The van der Waals surface area contributed by atoms with Crippen LogP contribution in [0.15, 0.2) is 72.8 Å². The minimum absolute atomic E-state index is 0.154. The van der Waals surface area contributed by atoms with Crippen LogP contribution in [-0.2, 0) is 16.1 Å². The van der Waals surface area contributed by atoms with Crippen molar-refractivity contribution in [2.75, 3.05) is 24.4 Å². The largest absolute Gasteiger partial charge is 0.497 e. The lowest BCUT2D eigenvalue weighted by Crippen LogP contribution is -2.21. The van der Waals surface area contributed by atoms with Crippen LogP contribution in [0.3, 0.4) is 0 Å². The number of benzene rings is 3. The molecule has 178 valence electrons. The maximum Gasteiger partial charge on any atom is 0.262 e. The second kappa shape index (κ2) is 10.9. The Morgan fingerprint density at radius 1 is 0.914 bits per heavy atom. The molecule has 1 heterocycles. The Labute approximate surface area is 199 Å². The number of halogens is 1. The van der Waals surface area contributed by atoms with Gasteiger partial charge in [0.25, 0.3) is 5.91 Å². The molecule has 0 aliphatic rings. The molecule has 4 rings (SSSR count). The lowest BCUT2D eigenvalue weighted by Gasteiger charge is -2.10. The van der Waals surface area contributed by atoms with Crippen LogP contribution < -0.4 is 20.1 Å². The molecule has 0 bridgehead atoms. The third-order valence-corrected chi connectivity index (χ3v) is 4.74. The molecule has 10 nitrogen and oxygen atoms in total. The van der Waals surface area contributed by atoms with Crippen molar-refractivity contribution in [1.29, 1.82) is 0 Å². The summed E-state index contributed by atoms with van der Waals surface area (Å²) in [6.45, 7) is -0.426. The number of nitrogens with zero attached hydrogens (tertiary/aromatic N) is 4. The van der Waals surface area contributed by atoms with Gasteiger partial charge in [-0.05, 0) is 65.9 Å². The van der Waals surface area contributed by atoms with Crippen LogP contribution in [0.2, 0.25) is 0 Å². The number of para-hydroxylation sites is 1. The van der Waals surface area contributed by atoms with Crippen molar-refractivity contribution in [3.05, 3.63) is 78.6 Å². The number of anilines is 2. The lowest BCUT2D eigenvalue weighted by atomic mass is 10.1. The minimum atomic E-state index is -0.423. The quantitative estimate of drug-likeness (QED) is 0.381. The van der Waals surface area contributed by atoms with Gasteiger partial charge in [-0.15, -0.1) is 10.2 Å². The van der Waals surface area contributed by atoms with Gasteiger partial charge >= 0.3 is 0 Å². The van der Waals surface area contributed by atoms with Crippen LogP contribution in [0.4, 0.5) is 15.8 Å². The third kappa shape index (κ3) is 6.38. The molecule has 0 aliphatic heterocycles.